The summed E-state index contributed by atoms with van der Waals surface area (Å²) in [5.74, 6) is 0.135. The molecule has 0 aromatic rings. The number of aliphatic hydroxyl groups excluding tert-OH is 1. The number of hydrogen-bond acceptors (Lipinski definition) is 2. The third-order valence-electron chi connectivity index (χ3n) is 3.17. The van der Waals surface area contributed by atoms with E-state index in [9.17, 15) is 9.90 Å². The molecule has 13 heavy (non-hydrogen) atoms. The van der Waals surface area contributed by atoms with Gasteiger partial charge in [-0.3, -0.25) is 4.79 Å². The Labute approximate surface area is 79.6 Å². The molecule has 0 aromatic heterocycles. The van der Waals surface area contributed by atoms with Crippen molar-refractivity contribution in [3.8, 4) is 0 Å². The molecule has 0 saturated carbocycles. The topological polar surface area (TPSA) is 37.3 Å². The monoisotopic (exact) mass is 182 g/mol. The minimum Gasteiger partial charge on any atom is -0.393 e. The van der Waals surface area contributed by atoms with Crippen molar-refractivity contribution in [2.24, 2.45) is 11.3 Å². The maximum atomic E-state index is 11.5. The van der Waals surface area contributed by atoms with Crippen molar-refractivity contribution in [2.75, 3.05) is 0 Å². The van der Waals surface area contributed by atoms with Crippen molar-refractivity contribution < 1.29 is 9.90 Å². The van der Waals surface area contributed by atoms with Crippen LogP contribution in [0.25, 0.3) is 0 Å². The molecule has 1 aliphatic rings. The van der Waals surface area contributed by atoms with Crippen LogP contribution in [-0.2, 0) is 4.79 Å². The fourth-order valence-corrected chi connectivity index (χ4v) is 1.88. The van der Waals surface area contributed by atoms with Crippen LogP contribution in [0.3, 0.4) is 0 Å². The Bertz CT molecular complexity index is 249. The van der Waals surface area contributed by atoms with Gasteiger partial charge in [0.1, 0.15) is 0 Å². The summed E-state index contributed by atoms with van der Waals surface area (Å²) in [5.41, 5.74) is 1.05. The van der Waals surface area contributed by atoms with Crippen LogP contribution < -0.4 is 0 Å². The van der Waals surface area contributed by atoms with Crippen LogP contribution in [0.5, 0.6) is 0 Å². The molecule has 2 atom stereocenters. The van der Waals surface area contributed by atoms with E-state index in [4.69, 9.17) is 0 Å². The maximum absolute atomic E-state index is 11.5. The first-order valence-corrected chi connectivity index (χ1v) is 4.76. The molecule has 0 aliphatic heterocycles. The smallest absolute Gasteiger partial charge is 0.159 e. The van der Waals surface area contributed by atoms with Gasteiger partial charge in [-0.2, -0.15) is 0 Å². The molecular formula is C11H18O2. The minimum atomic E-state index is -0.396. The molecule has 0 amide bonds. The fraction of sp³-hybridized carbons (Fsp3) is 0.727. The van der Waals surface area contributed by atoms with E-state index >= 15 is 0 Å². The lowest BCUT2D eigenvalue weighted by atomic mass is 9.75. The molecule has 1 aliphatic carbocycles. The molecular weight excluding hydrogens is 164 g/mol. The molecule has 0 heterocycles. The van der Waals surface area contributed by atoms with Gasteiger partial charge in [-0.25, -0.2) is 0 Å². The van der Waals surface area contributed by atoms with Crippen molar-refractivity contribution >= 4 is 5.78 Å². The Morgan fingerprint density at radius 3 is 2.46 bits per heavy atom. The minimum absolute atomic E-state index is 0.0347. The summed E-state index contributed by atoms with van der Waals surface area (Å²) in [5, 5.41) is 9.27. The highest BCUT2D eigenvalue weighted by Crippen LogP contribution is 2.43. The summed E-state index contributed by atoms with van der Waals surface area (Å²) < 4.78 is 0. The summed E-state index contributed by atoms with van der Waals surface area (Å²) in [6, 6.07) is 0. The second-order valence-electron chi connectivity index (χ2n) is 4.59. The van der Waals surface area contributed by atoms with Gasteiger partial charge in [-0.1, -0.05) is 19.4 Å². The first-order chi connectivity index (χ1) is 5.85. The second-order valence-corrected chi connectivity index (χ2v) is 4.59. The van der Waals surface area contributed by atoms with Crippen molar-refractivity contribution in [1.29, 1.82) is 0 Å². The molecule has 1 N–H and O–H groups in total. The molecule has 0 saturated heterocycles. The highest BCUT2D eigenvalue weighted by molar-refractivity contribution is 5.96. The van der Waals surface area contributed by atoms with Gasteiger partial charge in [0, 0.05) is 5.92 Å². The van der Waals surface area contributed by atoms with Crippen molar-refractivity contribution in [3.05, 3.63) is 11.6 Å². The van der Waals surface area contributed by atoms with E-state index in [1.165, 1.54) is 0 Å². The molecule has 74 valence electrons. The number of ketones is 1. The van der Waals surface area contributed by atoms with Gasteiger partial charge < -0.3 is 5.11 Å². The predicted octanol–water partition coefficient (Wildman–Crippen LogP) is 1.93. The number of carbonyl (C=O) groups excluding carboxylic acids is 1. The van der Waals surface area contributed by atoms with E-state index < -0.39 is 6.10 Å². The standard InChI is InChI=1S/C11H18O2/c1-7-5-10(13)9(6-8(2)12)11(7,3)4/h5,8-9,12H,6H2,1-4H3. The lowest BCUT2D eigenvalue weighted by molar-refractivity contribution is -0.120. The van der Waals surface area contributed by atoms with Crippen LogP contribution >= 0.6 is 0 Å². The molecule has 0 bridgehead atoms. The molecule has 2 heteroatoms. The molecule has 2 unspecified atom stereocenters. The molecule has 0 aromatic carbocycles. The summed E-state index contributed by atoms with van der Waals surface area (Å²) in [6.07, 6.45) is 1.89. The summed E-state index contributed by atoms with van der Waals surface area (Å²) in [7, 11) is 0. The van der Waals surface area contributed by atoms with E-state index in [2.05, 4.69) is 13.8 Å². The number of hydrogen-bond donors (Lipinski definition) is 1. The van der Waals surface area contributed by atoms with Gasteiger partial charge in [0.05, 0.1) is 6.10 Å². The number of rotatable bonds is 2. The number of aliphatic hydroxyl groups is 1. The van der Waals surface area contributed by atoms with Gasteiger partial charge in [-0.15, -0.1) is 0 Å². The Morgan fingerprint density at radius 2 is 2.15 bits per heavy atom. The third-order valence-corrected chi connectivity index (χ3v) is 3.17. The quantitative estimate of drug-likeness (QED) is 0.708. The first-order valence-electron chi connectivity index (χ1n) is 4.76. The lowest BCUT2D eigenvalue weighted by Crippen LogP contribution is -2.28. The molecule has 1 rings (SSSR count). The Balaban J connectivity index is 2.83. The highest BCUT2D eigenvalue weighted by Gasteiger charge is 2.40. The fourth-order valence-electron chi connectivity index (χ4n) is 1.88. The van der Waals surface area contributed by atoms with Crippen LogP contribution in [0.2, 0.25) is 0 Å². The summed E-state index contributed by atoms with van der Waals surface area (Å²) in [6.45, 7) is 7.85. The summed E-state index contributed by atoms with van der Waals surface area (Å²) >= 11 is 0. The molecule has 0 spiro atoms. The van der Waals surface area contributed by atoms with Crippen molar-refractivity contribution in [3.63, 3.8) is 0 Å². The van der Waals surface area contributed by atoms with Gasteiger partial charge in [0.25, 0.3) is 0 Å². The Hall–Kier alpha value is -0.630. The lowest BCUT2D eigenvalue weighted by Gasteiger charge is -2.29. The van der Waals surface area contributed by atoms with Crippen LogP contribution in [0, 0.1) is 11.3 Å². The highest BCUT2D eigenvalue weighted by atomic mass is 16.3. The maximum Gasteiger partial charge on any atom is 0.159 e. The third kappa shape index (κ3) is 1.83. The largest absolute Gasteiger partial charge is 0.393 e. The van der Waals surface area contributed by atoms with Crippen LogP contribution in [0.1, 0.15) is 34.1 Å². The van der Waals surface area contributed by atoms with Crippen LogP contribution in [-0.4, -0.2) is 17.0 Å². The van der Waals surface area contributed by atoms with Crippen LogP contribution in [0.15, 0.2) is 11.6 Å². The first kappa shape index (κ1) is 10.5. The summed E-state index contributed by atoms with van der Waals surface area (Å²) in [4.78, 5) is 11.5. The van der Waals surface area contributed by atoms with Gasteiger partial charge in [0.15, 0.2) is 5.78 Å². The second kappa shape index (κ2) is 3.26. The molecule has 0 fully saturated rings. The van der Waals surface area contributed by atoms with E-state index in [1.807, 2.05) is 6.92 Å². The van der Waals surface area contributed by atoms with Gasteiger partial charge in [-0.05, 0) is 31.8 Å². The van der Waals surface area contributed by atoms with Crippen molar-refractivity contribution in [1.82, 2.24) is 0 Å². The zero-order chi connectivity index (χ0) is 10.2. The average Bonchev–Trinajstić information content (AvgIpc) is 2.13. The van der Waals surface area contributed by atoms with Gasteiger partial charge in [0.2, 0.25) is 0 Å². The average molecular weight is 182 g/mol. The molecule has 0 radical (unpaired) electrons. The van der Waals surface area contributed by atoms with E-state index in [0.717, 1.165) is 5.57 Å². The van der Waals surface area contributed by atoms with E-state index in [-0.39, 0.29) is 17.1 Å². The molecule has 2 nitrogen and oxygen atoms in total. The zero-order valence-electron chi connectivity index (χ0n) is 8.79. The van der Waals surface area contributed by atoms with E-state index in [1.54, 1.807) is 13.0 Å². The predicted molar refractivity (Wildman–Crippen MR) is 52.3 cm³/mol. The zero-order valence-corrected chi connectivity index (χ0v) is 8.79. The van der Waals surface area contributed by atoms with E-state index in [0.29, 0.717) is 6.42 Å². The Morgan fingerprint density at radius 1 is 1.62 bits per heavy atom. The van der Waals surface area contributed by atoms with Crippen molar-refractivity contribution in [2.45, 2.75) is 40.2 Å². The van der Waals surface area contributed by atoms with Crippen LogP contribution in [0.4, 0.5) is 0 Å². The van der Waals surface area contributed by atoms with Gasteiger partial charge >= 0.3 is 0 Å². The SMILES string of the molecule is CC1=CC(=O)C(CC(C)O)C1(C)C. The number of carbonyl (C=O) groups is 1. The normalized spacial score (nSPS) is 28.8. The number of allylic oxidation sites excluding steroid dienone is 2. The Kier molecular flexibility index (Phi) is 2.62.